The van der Waals surface area contributed by atoms with Gasteiger partial charge < -0.3 is 10.0 Å². The summed E-state index contributed by atoms with van der Waals surface area (Å²) < 4.78 is 0. The Bertz CT molecular complexity index is 624. The molecule has 4 nitrogen and oxygen atoms in total. The third-order valence-electron chi connectivity index (χ3n) is 3.76. The first-order chi connectivity index (χ1) is 10.1. The van der Waals surface area contributed by atoms with Crippen molar-refractivity contribution in [1.29, 1.82) is 0 Å². The lowest BCUT2D eigenvalue weighted by atomic mass is 10.0. The monoisotopic (exact) mass is 302 g/mol. The molecule has 1 fully saturated rings. The number of piperidine rings is 1. The summed E-state index contributed by atoms with van der Waals surface area (Å²) >= 11 is 1.41. The molecule has 0 aromatic heterocycles. The lowest BCUT2D eigenvalue weighted by molar-refractivity contribution is -0.113. The Kier molecular flexibility index (Phi) is 4.01. The van der Waals surface area contributed by atoms with E-state index in [1.807, 2.05) is 6.07 Å². The predicted molar refractivity (Wildman–Crippen MR) is 86.1 cm³/mol. The van der Waals surface area contributed by atoms with Crippen LogP contribution in [0.1, 0.15) is 25.3 Å². The fourth-order valence-corrected chi connectivity index (χ4v) is 3.59. The van der Waals surface area contributed by atoms with Gasteiger partial charge in [-0.3, -0.25) is 4.79 Å². The van der Waals surface area contributed by atoms with Gasteiger partial charge in [-0.15, -0.1) is 0 Å². The number of phenols is 1. The summed E-state index contributed by atoms with van der Waals surface area (Å²) in [6.07, 6.45) is 4.10. The molecule has 3 rings (SSSR count). The summed E-state index contributed by atoms with van der Waals surface area (Å²) in [5.41, 5.74) is 0.650. The van der Waals surface area contributed by atoms with Gasteiger partial charge in [0.15, 0.2) is 5.17 Å². The summed E-state index contributed by atoms with van der Waals surface area (Å²) in [5, 5.41) is 10.6. The van der Waals surface area contributed by atoms with Crippen molar-refractivity contribution >= 4 is 28.9 Å². The van der Waals surface area contributed by atoms with E-state index in [0.717, 1.165) is 24.7 Å². The molecule has 0 bridgehead atoms. The second kappa shape index (κ2) is 5.93. The SMILES string of the molecule is CC1CCCN(C2=NC(=O)C(=Cc3ccccc3O)S2)C1. The fraction of sp³-hybridized carbons (Fsp3) is 0.375. The maximum atomic E-state index is 12.0. The van der Waals surface area contributed by atoms with Gasteiger partial charge in [-0.25, -0.2) is 0 Å². The van der Waals surface area contributed by atoms with Crippen molar-refractivity contribution in [3.63, 3.8) is 0 Å². The second-order valence-corrected chi connectivity index (χ2v) is 6.57. The number of aromatic hydroxyl groups is 1. The average Bonchev–Trinajstić information content (AvgIpc) is 2.83. The molecule has 1 atom stereocenters. The van der Waals surface area contributed by atoms with Crippen LogP contribution in [0.25, 0.3) is 6.08 Å². The van der Waals surface area contributed by atoms with Gasteiger partial charge in [0, 0.05) is 18.7 Å². The van der Waals surface area contributed by atoms with Gasteiger partial charge in [0.1, 0.15) is 5.75 Å². The van der Waals surface area contributed by atoms with Crippen LogP contribution < -0.4 is 0 Å². The van der Waals surface area contributed by atoms with Gasteiger partial charge in [0.25, 0.3) is 5.91 Å². The normalized spacial score (nSPS) is 24.5. The molecule has 1 saturated heterocycles. The van der Waals surface area contributed by atoms with Crippen LogP contribution in [0.4, 0.5) is 0 Å². The van der Waals surface area contributed by atoms with Crippen LogP contribution in [0.3, 0.4) is 0 Å². The molecule has 0 aliphatic carbocycles. The van der Waals surface area contributed by atoms with E-state index in [9.17, 15) is 9.90 Å². The van der Waals surface area contributed by atoms with E-state index in [1.165, 1.54) is 18.2 Å². The zero-order chi connectivity index (χ0) is 14.8. The number of carbonyl (C=O) groups excluding carboxylic acids is 1. The van der Waals surface area contributed by atoms with Crippen molar-refractivity contribution in [3.05, 3.63) is 34.7 Å². The van der Waals surface area contributed by atoms with Crippen molar-refractivity contribution in [1.82, 2.24) is 4.90 Å². The second-order valence-electron chi connectivity index (χ2n) is 5.56. The molecule has 21 heavy (non-hydrogen) atoms. The molecule has 110 valence electrons. The molecule has 2 aliphatic heterocycles. The van der Waals surface area contributed by atoms with Crippen LogP contribution in [0, 0.1) is 5.92 Å². The first-order valence-corrected chi connectivity index (χ1v) is 8.00. The van der Waals surface area contributed by atoms with Crippen molar-refractivity contribution in [2.75, 3.05) is 13.1 Å². The van der Waals surface area contributed by atoms with E-state index in [4.69, 9.17) is 0 Å². The van der Waals surface area contributed by atoms with E-state index in [0.29, 0.717) is 16.4 Å². The summed E-state index contributed by atoms with van der Waals surface area (Å²) in [7, 11) is 0. The number of benzene rings is 1. The number of thioether (sulfide) groups is 1. The van der Waals surface area contributed by atoms with Crippen LogP contribution in [-0.2, 0) is 4.79 Å². The average molecular weight is 302 g/mol. The van der Waals surface area contributed by atoms with Crippen molar-refractivity contribution in [2.45, 2.75) is 19.8 Å². The van der Waals surface area contributed by atoms with E-state index in [1.54, 1.807) is 24.3 Å². The van der Waals surface area contributed by atoms with Gasteiger partial charge in [-0.1, -0.05) is 25.1 Å². The number of para-hydroxylation sites is 1. The third kappa shape index (κ3) is 3.13. The molecule has 2 aliphatic rings. The van der Waals surface area contributed by atoms with Gasteiger partial charge in [-0.2, -0.15) is 4.99 Å². The molecule has 1 amide bonds. The van der Waals surface area contributed by atoms with Crippen LogP contribution in [-0.4, -0.2) is 34.2 Å². The highest BCUT2D eigenvalue weighted by atomic mass is 32.2. The van der Waals surface area contributed by atoms with Crippen LogP contribution in [0.5, 0.6) is 5.75 Å². The molecule has 0 radical (unpaired) electrons. The van der Waals surface area contributed by atoms with Crippen LogP contribution >= 0.6 is 11.8 Å². The lowest BCUT2D eigenvalue weighted by Gasteiger charge is -2.31. The Balaban J connectivity index is 1.77. The number of amidine groups is 1. The van der Waals surface area contributed by atoms with Crippen LogP contribution in [0.15, 0.2) is 34.2 Å². The number of aliphatic imine (C=N–C) groups is 1. The number of carbonyl (C=O) groups is 1. The first-order valence-electron chi connectivity index (χ1n) is 7.19. The Morgan fingerprint density at radius 3 is 3.00 bits per heavy atom. The minimum absolute atomic E-state index is 0.179. The minimum Gasteiger partial charge on any atom is -0.507 e. The van der Waals surface area contributed by atoms with Gasteiger partial charge >= 0.3 is 0 Å². The maximum Gasteiger partial charge on any atom is 0.286 e. The van der Waals surface area contributed by atoms with Crippen molar-refractivity contribution in [3.8, 4) is 5.75 Å². The molecule has 1 unspecified atom stereocenters. The highest BCUT2D eigenvalue weighted by molar-refractivity contribution is 8.18. The number of hydrogen-bond donors (Lipinski definition) is 1. The van der Waals surface area contributed by atoms with Gasteiger partial charge in [-0.05, 0) is 42.7 Å². The molecule has 1 N–H and O–H groups in total. The van der Waals surface area contributed by atoms with Crippen molar-refractivity contribution < 1.29 is 9.90 Å². The zero-order valence-electron chi connectivity index (χ0n) is 12.0. The van der Waals surface area contributed by atoms with Gasteiger partial charge in [0.05, 0.1) is 4.91 Å². The van der Waals surface area contributed by atoms with E-state index < -0.39 is 0 Å². The molecule has 1 aromatic rings. The Labute approximate surface area is 128 Å². The predicted octanol–water partition coefficient (Wildman–Crippen LogP) is 3.09. The highest BCUT2D eigenvalue weighted by Crippen LogP contribution is 2.33. The molecular formula is C16H18N2O2S. The number of rotatable bonds is 1. The summed E-state index contributed by atoms with van der Waals surface area (Å²) in [4.78, 5) is 19.0. The number of amides is 1. The maximum absolute atomic E-state index is 12.0. The highest BCUT2D eigenvalue weighted by Gasteiger charge is 2.28. The molecule has 0 spiro atoms. The smallest absolute Gasteiger partial charge is 0.286 e. The van der Waals surface area contributed by atoms with E-state index >= 15 is 0 Å². The summed E-state index contributed by atoms with van der Waals surface area (Å²) in [6, 6.07) is 7.00. The molecule has 1 aromatic carbocycles. The molecular weight excluding hydrogens is 284 g/mol. The van der Waals surface area contributed by atoms with Crippen LogP contribution in [0.2, 0.25) is 0 Å². The van der Waals surface area contributed by atoms with Crippen molar-refractivity contribution in [2.24, 2.45) is 10.9 Å². The lowest BCUT2D eigenvalue weighted by Crippen LogP contribution is -2.37. The van der Waals surface area contributed by atoms with E-state index in [-0.39, 0.29) is 11.7 Å². The fourth-order valence-electron chi connectivity index (χ4n) is 2.65. The Morgan fingerprint density at radius 1 is 1.43 bits per heavy atom. The topological polar surface area (TPSA) is 52.9 Å². The molecule has 5 heteroatoms. The Morgan fingerprint density at radius 2 is 2.24 bits per heavy atom. The number of phenolic OH excluding ortho intramolecular Hbond substituents is 1. The minimum atomic E-state index is -0.212. The largest absolute Gasteiger partial charge is 0.507 e. The number of nitrogens with zero attached hydrogens (tertiary/aromatic N) is 2. The third-order valence-corrected chi connectivity index (χ3v) is 4.80. The first kappa shape index (κ1) is 14.2. The van der Waals surface area contributed by atoms with Gasteiger partial charge in [0.2, 0.25) is 0 Å². The summed E-state index contributed by atoms with van der Waals surface area (Å²) in [5.74, 6) is 0.610. The zero-order valence-corrected chi connectivity index (χ0v) is 12.8. The molecule has 2 heterocycles. The number of likely N-dealkylation sites (tertiary alicyclic amines) is 1. The quantitative estimate of drug-likeness (QED) is 0.810. The standard InChI is InChI=1S/C16H18N2O2S/c1-11-5-4-8-18(10-11)16-17-15(20)14(21-16)9-12-6-2-3-7-13(12)19/h2-3,6-7,9,11,19H,4-5,8,10H2,1H3. The van der Waals surface area contributed by atoms with E-state index in [2.05, 4.69) is 16.8 Å². The Hall–Kier alpha value is -1.75. The summed E-state index contributed by atoms with van der Waals surface area (Å²) in [6.45, 7) is 4.16. The molecule has 0 saturated carbocycles. The number of hydrogen-bond acceptors (Lipinski definition) is 4.